The molecule has 1 aliphatic rings. The minimum Gasteiger partial charge on any atom is -0.311 e. The Morgan fingerprint density at radius 2 is 2.17 bits per heavy atom. The summed E-state index contributed by atoms with van der Waals surface area (Å²) in [5.74, 6) is 0. The summed E-state index contributed by atoms with van der Waals surface area (Å²) in [6, 6.07) is 8.44. The molecular formula is C15H20N2S. The molecule has 2 heterocycles. The molecule has 1 aromatic carbocycles. The predicted octanol–water partition coefficient (Wildman–Crippen LogP) is 3.76. The van der Waals surface area contributed by atoms with Crippen LogP contribution in [0, 0.1) is 0 Å². The fraction of sp³-hybridized carbons (Fsp3) is 0.533. The Kier molecular flexibility index (Phi) is 3.35. The molecule has 2 aromatic rings. The average molecular weight is 260 g/mol. The number of aromatic nitrogens is 1. The van der Waals surface area contributed by atoms with Crippen LogP contribution in [0.25, 0.3) is 10.2 Å². The molecule has 0 saturated carbocycles. The molecule has 18 heavy (non-hydrogen) atoms. The number of rotatable bonds is 2. The molecule has 0 amide bonds. The van der Waals surface area contributed by atoms with Gasteiger partial charge in [-0.25, -0.2) is 4.98 Å². The second-order valence-corrected chi connectivity index (χ2v) is 6.67. The van der Waals surface area contributed by atoms with E-state index >= 15 is 0 Å². The van der Waals surface area contributed by atoms with Crippen LogP contribution in [0.1, 0.15) is 37.6 Å². The van der Waals surface area contributed by atoms with Crippen LogP contribution in [0.3, 0.4) is 0 Å². The fourth-order valence-corrected chi connectivity index (χ4v) is 3.93. The van der Waals surface area contributed by atoms with Crippen molar-refractivity contribution in [1.82, 2.24) is 10.3 Å². The molecule has 0 bridgehead atoms. The Hall–Kier alpha value is -0.930. The summed E-state index contributed by atoms with van der Waals surface area (Å²) in [4.78, 5) is 4.76. The first-order valence-corrected chi connectivity index (χ1v) is 7.66. The van der Waals surface area contributed by atoms with Crippen molar-refractivity contribution >= 4 is 21.6 Å². The van der Waals surface area contributed by atoms with Crippen LogP contribution in [0.5, 0.6) is 0 Å². The van der Waals surface area contributed by atoms with E-state index in [-0.39, 0.29) is 5.54 Å². The first-order valence-electron chi connectivity index (χ1n) is 6.85. The highest BCUT2D eigenvalue weighted by molar-refractivity contribution is 7.18. The Labute approximate surface area is 112 Å². The van der Waals surface area contributed by atoms with Gasteiger partial charge in [0, 0.05) is 12.0 Å². The van der Waals surface area contributed by atoms with Gasteiger partial charge in [-0.1, -0.05) is 25.0 Å². The van der Waals surface area contributed by atoms with Gasteiger partial charge in [0.05, 0.1) is 15.2 Å². The number of nitrogens with one attached hydrogen (secondary N) is 1. The third kappa shape index (κ3) is 2.57. The van der Waals surface area contributed by atoms with Gasteiger partial charge in [0.2, 0.25) is 0 Å². The molecule has 0 radical (unpaired) electrons. The second-order valence-electron chi connectivity index (χ2n) is 5.55. The minimum atomic E-state index is 0.240. The van der Waals surface area contributed by atoms with E-state index in [1.165, 1.54) is 35.4 Å². The van der Waals surface area contributed by atoms with Gasteiger partial charge >= 0.3 is 0 Å². The molecule has 1 saturated heterocycles. The van der Waals surface area contributed by atoms with E-state index in [2.05, 4.69) is 36.5 Å². The van der Waals surface area contributed by atoms with Gasteiger partial charge in [-0.3, -0.25) is 0 Å². The molecule has 1 atom stereocenters. The number of hydrogen-bond acceptors (Lipinski definition) is 3. The summed E-state index contributed by atoms with van der Waals surface area (Å²) in [6.45, 7) is 3.51. The Morgan fingerprint density at radius 3 is 3.06 bits per heavy atom. The third-order valence-corrected chi connectivity index (χ3v) is 4.87. The molecular weight excluding hydrogens is 240 g/mol. The van der Waals surface area contributed by atoms with Crippen LogP contribution in [-0.4, -0.2) is 17.1 Å². The van der Waals surface area contributed by atoms with Crippen molar-refractivity contribution in [3.63, 3.8) is 0 Å². The van der Waals surface area contributed by atoms with Crippen LogP contribution < -0.4 is 5.32 Å². The zero-order chi connectivity index (χ0) is 12.4. The summed E-state index contributed by atoms with van der Waals surface area (Å²) < 4.78 is 1.31. The highest BCUT2D eigenvalue weighted by atomic mass is 32.1. The van der Waals surface area contributed by atoms with Crippen molar-refractivity contribution in [2.24, 2.45) is 0 Å². The van der Waals surface area contributed by atoms with Gasteiger partial charge in [0.15, 0.2) is 0 Å². The Morgan fingerprint density at radius 1 is 1.28 bits per heavy atom. The molecule has 96 valence electrons. The maximum absolute atomic E-state index is 4.76. The molecule has 3 rings (SSSR count). The minimum absolute atomic E-state index is 0.240. The van der Waals surface area contributed by atoms with Crippen molar-refractivity contribution < 1.29 is 0 Å². The van der Waals surface area contributed by atoms with E-state index in [0.29, 0.717) is 0 Å². The van der Waals surface area contributed by atoms with Crippen molar-refractivity contribution in [1.29, 1.82) is 0 Å². The average Bonchev–Trinajstić information content (AvgIpc) is 2.63. The summed E-state index contributed by atoms with van der Waals surface area (Å²) >= 11 is 1.85. The summed E-state index contributed by atoms with van der Waals surface area (Å²) in [6.07, 6.45) is 6.35. The van der Waals surface area contributed by atoms with E-state index in [0.717, 1.165) is 18.5 Å². The number of hydrogen-bond donors (Lipinski definition) is 1. The number of thiazole rings is 1. The fourth-order valence-electron chi connectivity index (χ4n) is 2.78. The van der Waals surface area contributed by atoms with E-state index in [1.54, 1.807) is 0 Å². The van der Waals surface area contributed by atoms with Crippen LogP contribution in [0.15, 0.2) is 24.3 Å². The Balaban J connectivity index is 1.82. The smallest absolute Gasteiger partial charge is 0.0956 e. The normalized spacial score (nSPS) is 25.2. The topological polar surface area (TPSA) is 24.9 Å². The second kappa shape index (κ2) is 4.98. The summed E-state index contributed by atoms with van der Waals surface area (Å²) in [5, 5.41) is 4.99. The quantitative estimate of drug-likeness (QED) is 0.889. The van der Waals surface area contributed by atoms with E-state index in [4.69, 9.17) is 4.98 Å². The van der Waals surface area contributed by atoms with Gasteiger partial charge in [-0.2, -0.15) is 0 Å². The van der Waals surface area contributed by atoms with Gasteiger partial charge in [-0.15, -0.1) is 11.3 Å². The molecule has 1 aliphatic heterocycles. The molecule has 1 N–H and O–H groups in total. The largest absolute Gasteiger partial charge is 0.311 e. The lowest BCUT2D eigenvalue weighted by atomic mass is 9.92. The van der Waals surface area contributed by atoms with Gasteiger partial charge in [0.25, 0.3) is 0 Å². The molecule has 0 spiro atoms. The molecule has 0 aliphatic carbocycles. The lowest BCUT2D eigenvalue weighted by molar-refractivity contribution is 0.345. The van der Waals surface area contributed by atoms with Crippen molar-refractivity contribution in [2.75, 3.05) is 6.54 Å². The molecule has 1 fully saturated rings. The van der Waals surface area contributed by atoms with Crippen LogP contribution in [0.4, 0.5) is 0 Å². The third-order valence-electron chi connectivity index (χ3n) is 3.84. The zero-order valence-electron chi connectivity index (χ0n) is 10.9. The number of para-hydroxylation sites is 1. The molecule has 2 nitrogen and oxygen atoms in total. The number of benzene rings is 1. The van der Waals surface area contributed by atoms with Crippen LogP contribution >= 0.6 is 11.3 Å². The van der Waals surface area contributed by atoms with E-state index in [1.807, 2.05) is 11.3 Å². The van der Waals surface area contributed by atoms with Crippen molar-refractivity contribution in [3.8, 4) is 0 Å². The zero-order valence-corrected chi connectivity index (χ0v) is 11.7. The predicted molar refractivity (Wildman–Crippen MR) is 78.2 cm³/mol. The monoisotopic (exact) mass is 260 g/mol. The number of fused-ring (bicyclic) bond motifs is 1. The Bertz CT molecular complexity index is 491. The van der Waals surface area contributed by atoms with Crippen molar-refractivity contribution in [3.05, 3.63) is 29.3 Å². The molecule has 3 heteroatoms. The number of nitrogens with zero attached hydrogens (tertiary/aromatic N) is 1. The van der Waals surface area contributed by atoms with E-state index in [9.17, 15) is 0 Å². The van der Waals surface area contributed by atoms with Gasteiger partial charge in [0.1, 0.15) is 0 Å². The summed E-state index contributed by atoms with van der Waals surface area (Å²) in [5.41, 5.74) is 1.39. The standard InChI is InChI=1S/C15H20N2S/c1-15(9-5-2-6-10-16-15)11-14-17-12-7-3-4-8-13(12)18-14/h3-4,7-8,16H,2,5-6,9-11H2,1H3. The van der Waals surface area contributed by atoms with Crippen molar-refractivity contribution in [2.45, 2.75) is 44.6 Å². The maximum Gasteiger partial charge on any atom is 0.0956 e. The van der Waals surface area contributed by atoms with Gasteiger partial charge in [-0.05, 0) is 38.4 Å². The lowest BCUT2D eigenvalue weighted by Gasteiger charge is -2.28. The van der Waals surface area contributed by atoms with Gasteiger partial charge < -0.3 is 5.32 Å². The summed E-state index contributed by atoms with van der Waals surface area (Å²) in [7, 11) is 0. The lowest BCUT2D eigenvalue weighted by Crippen LogP contribution is -2.43. The highest BCUT2D eigenvalue weighted by Gasteiger charge is 2.26. The maximum atomic E-state index is 4.76. The molecule has 1 aromatic heterocycles. The first-order chi connectivity index (χ1) is 8.75. The van der Waals surface area contributed by atoms with Crippen LogP contribution in [-0.2, 0) is 6.42 Å². The first kappa shape index (κ1) is 12.1. The SMILES string of the molecule is CC1(Cc2nc3ccccc3s2)CCCCCN1. The van der Waals surface area contributed by atoms with E-state index < -0.39 is 0 Å². The highest BCUT2D eigenvalue weighted by Crippen LogP contribution is 2.28. The molecule has 1 unspecified atom stereocenters. The van der Waals surface area contributed by atoms with Crippen LogP contribution in [0.2, 0.25) is 0 Å².